The van der Waals surface area contributed by atoms with Crippen LogP contribution in [0.4, 0.5) is 0 Å². The molecule has 14 heavy (non-hydrogen) atoms. The van der Waals surface area contributed by atoms with Gasteiger partial charge in [-0.1, -0.05) is 23.2 Å². The van der Waals surface area contributed by atoms with E-state index < -0.39 is 33.0 Å². The summed E-state index contributed by atoms with van der Waals surface area (Å²) in [6.45, 7) is 13.3. The van der Waals surface area contributed by atoms with Gasteiger partial charge in [-0.3, -0.25) is 0 Å². The van der Waals surface area contributed by atoms with Crippen molar-refractivity contribution in [1.82, 2.24) is 0 Å². The van der Waals surface area contributed by atoms with Gasteiger partial charge in [0.15, 0.2) is 11.6 Å². The Hall–Kier alpha value is -1.62. The Morgan fingerprint density at radius 3 is 1.36 bits per heavy atom. The smallest absolute Gasteiger partial charge is 0.246 e. The van der Waals surface area contributed by atoms with Crippen molar-refractivity contribution < 1.29 is 9.59 Å². The monoisotopic (exact) mass is 226 g/mol. The minimum absolute atomic E-state index is 0.505. The van der Waals surface area contributed by atoms with Crippen LogP contribution in [0, 0.1) is 13.1 Å². The zero-order chi connectivity index (χ0) is 10.9. The van der Waals surface area contributed by atoms with Crippen LogP contribution in [-0.2, 0) is 9.59 Å². The van der Waals surface area contributed by atoms with Crippen molar-refractivity contribution >= 4 is 34.8 Å². The maximum Gasteiger partial charge on any atom is 0.246 e. The molecule has 68 valence electrons. The van der Waals surface area contributed by atoms with Crippen molar-refractivity contribution in [1.29, 1.82) is 0 Å². The molecule has 0 aromatic rings. The molecule has 0 saturated heterocycles. The molecule has 1 rings (SSSR count). The summed E-state index contributed by atoms with van der Waals surface area (Å²) in [4.78, 5) is 28.0. The fourth-order valence-corrected chi connectivity index (χ4v) is 1.18. The topological polar surface area (TPSA) is 42.9 Å². The zero-order valence-corrected chi connectivity index (χ0v) is 7.98. The van der Waals surface area contributed by atoms with Gasteiger partial charge in [0, 0.05) is 0 Å². The highest BCUT2D eigenvalue weighted by Crippen LogP contribution is 2.30. The first kappa shape index (κ1) is 10.5. The average Bonchev–Trinajstić information content (AvgIpc) is 2.20. The van der Waals surface area contributed by atoms with Crippen LogP contribution in [0.15, 0.2) is 21.5 Å². The van der Waals surface area contributed by atoms with E-state index in [1.807, 2.05) is 0 Å². The molecule has 0 spiro atoms. The Labute approximate surface area is 89.0 Å². The van der Waals surface area contributed by atoms with Gasteiger partial charge in [0.05, 0.1) is 23.2 Å². The quantitative estimate of drug-likeness (QED) is 0.468. The van der Waals surface area contributed by atoms with Gasteiger partial charge < -0.3 is 9.59 Å². The largest absolute Gasteiger partial charge is 0.303 e. The molecule has 0 saturated carbocycles. The molecule has 0 aromatic heterocycles. The number of carbonyl (C=O) groups is 2. The third kappa shape index (κ3) is 1.31. The van der Waals surface area contributed by atoms with Crippen LogP contribution in [0.1, 0.15) is 0 Å². The Balaban J connectivity index is 3.51. The van der Waals surface area contributed by atoms with Crippen LogP contribution in [0.5, 0.6) is 0 Å². The highest BCUT2D eigenvalue weighted by atomic mass is 35.5. The maximum atomic E-state index is 11.2. The fraction of sp³-hybridized carbons (Fsp3) is 0. The number of Topliss-reactive ketones (excluding diaryl/α,β-unsaturated/α-hetero) is 2. The van der Waals surface area contributed by atoms with E-state index in [4.69, 9.17) is 36.3 Å². The van der Waals surface area contributed by atoms with E-state index in [9.17, 15) is 9.59 Å². The van der Waals surface area contributed by atoms with E-state index in [2.05, 4.69) is 9.69 Å². The van der Waals surface area contributed by atoms with Gasteiger partial charge in [0.25, 0.3) is 0 Å². The number of rotatable bonds is 0. The molecule has 0 amide bonds. The van der Waals surface area contributed by atoms with Crippen LogP contribution in [0.25, 0.3) is 9.69 Å². The lowest BCUT2D eigenvalue weighted by Gasteiger charge is -2.08. The molecule has 0 atom stereocenters. The van der Waals surface area contributed by atoms with Crippen LogP contribution < -0.4 is 0 Å². The van der Waals surface area contributed by atoms with E-state index in [-0.39, 0.29) is 0 Å². The highest BCUT2D eigenvalue weighted by Gasteiger charge is 2.33. The molecule has 0 N–H and O–H groups in total. The Morgan fingerprint density at radius 2 is 1.14 bits per heavy atom. The summed E-state index contributed by atoms with van der Waals surface area (Å²) >= 11 is 10.8. The summed E-state index contributed by atoms with van der Waals surface area (Å²) in [7, 11) is 0. The molecular weight excluding hydrogens is 227 g/mol. The lowest BCUT2D eigenvalue weighted by atomic mass is 10.1. The van der Waals surface area contributed by atoms with Gasteiger partial charge in [-0.2, -0.15) is 0 Å². The van der Waals surface area contributed by atoms with Crippen molar-refractivity contribution in [2.24, 2.45) is 0 Å². The Morgan fingerprint density at radius 1 is 0.857 bits per heavy atom. The summed E-state index contributed by atoms with van der Waals surface area (Å²) in [5, 5.41) is -1.01. The summed E-state index contributed by atoms with van der Waals surface area (Å²) in [6, 6.07) is 0. The zero-order valence-electron chi connectivity index (χ0n) is 6.47. The van der Waals surface area contributed by atoms with Crippen molar-refractivity contribution in [3.05, 3.63) is 44.3 Å². The first-order valence-corrected chi connectivity index (χ1v) is 3.94. The molecular formula is C8Cl2N2O2. The lowest BCUT2D eigenvalue weighted by molar-refractivity contribution is -0.115. The van der Waals surface area contributed by atoms with E-state index >= 15 is 0 Å². The van der Waals surface area contributed by atoms with Crippen LogP contribution in [0.2, 0.25) is 0 Å². The lowest BCUT2D eigenvalue weighted by Crippen LogP contribution is -2.16. The molecule has 1 aliphatic rings. The summed E-state index contributed by atoms with van der Waals surface area (Å²) in [5.74, 6) is -1.76. The number of carbonyl (C=O) groups excluding carboxylic acids is 2. The third-order valence-corrected chi connectivity index (χ3v) is 2.29. The molecule has 0 radical (unpaired) electrons. The third-order valence-electron chi connectivity index (χ3n) is 1.47. The number of ketones is 2. The Bertz CT molecular complexity index is 444. The predicted molar refractivity (Wildman–Crippen MR) is 49.0 cm³/mol. The molecule has 1 aliphatic carbocycles. The average molecular weight is 227 g/mol. The predicted octanol–water partition coefficient (Wildman–Crippen LogP) is 1.88. The molecule has 4 nitrogen and oxygen atoms in total. The summed E-state index contributed by atoms with van der Waals surface area (Å²) in [6.07, 6.45) is 0. The van der Waals surface area contributed by atoms with Crippen molar-refractivity contribution in [3.8, 4) is 0 Å². The molecule has 0 aromatic carbocycles. The van der Waals surface area contributed by atoms with Gasteiger partial charge in [-0.15, -0.1) is 0 Å². The molecule has 0 unspecified atom stereocenters. The van der Waals surface area contributed by atoms with Crippen LogP contribution in [-0.4, -0.2) is 11.6 Å². The normalized spacial score (nSPS) is 16.9. The minimum Gasteiger partial charge on any atom is -0.303 e. The van der Waals surface area contributed by atoms with Gasteiger partial charge >= 0.3 is 0 Å². The van der Waals surface area contributed by atoms with Gasteiger partial charge in [0.1, 0.15) is 0 Å². The van der Waals surface area contributed by atoms with Crippen LogP contribution in [0.3, 0.4) is 0 Å². The molecule has 6 heteroatoms. The van der Waals surface area contributed by atoms with Crippen LogP contribution >= 0.6 is 23.2 Å². The second-order valence-electron chi connectivity index (χ2n) is 2.21. The van der Waals surface area contributed by atoms with E-state index in [1.54, 1.807) is 0 Å². The van der Waals surface area contributed by atoms with Gasteiger partial charge in [0.2, 0.25) is 11.4 Å². The van der Waals surface area contributed by atoms with E-state index in [1.165, 1.54) is 0 Å². The Kier molecular flexibility index (Phi) is 2.71. The standard InChI is InChI=1S/C8Cl2N2O2/c1-11-5-6(12-2)8(14)4(10)3(9)7(5)13. The summed E-state index contributed by atoms with van der Waals surface area (Å²) in [5.41, 5.74) is -1.14. The number of halogens is 2. The molecule has 0 fully saturated rings. The van der Waals surface area contributed by atoms with Crippen molar-refractivity contribution in [2.75, 3.05) is 0 Å². The second kappa shape index (κ2) is 3.63. The maximum absolute atomic E-state index is 11.2. The first-order valence-electron chi connectivity index (χ1n) is 3.18. The number of hydrogen-bond acceptors (Lipinski definition) is 2. The van der Waals surface area contributed by atoms with Gasteiger partial charge in [-0.25, -0.2) is 9.69 Å². The van der Waals surface area contributed by atoms with E-state index in [0.717, 1.165) is 0 Å². The highest BCUT2D eigenvalue weighted by molar-refractivity contribution is 6.59. The molecule has 0 bridgehead atoms. The van der Waals surface area contributed by atoms with E-state index in [0.29, 0.717) is 0 Å². The fourth-order valence-electron chi connectivity index (χ4n) is 0.830. The van der Waals surface area contributed by atoms with Crippen molar-refractivity contribution in [3.63, 3.8) is 0 Å². The summed E-state index contributed by atoms with van der Waals surface area (Å²) < 4.78 is 0. The number of allylic oxidation sites excluding steroid dienone is 2. The SMILES string of the molecule is [C-]#[N+]C1=C([N+]#[C-])C(=O)C(Cl)=C(Cl)C1=O. The minimum atomic E-state index is -0.878. The van der Waals surface area contributed by atoms with Gasteiger partial charge in [-0.05, 0) is 0 Å². The molecule has 0 heterocycles. The number of nitrogens with zero attached hydrogens (tertiary/aromatic N) is 2. The first-order chi connectivity index (χ1) is 6.54. The second-order valence-corrected chi connectivity index (χ2v) is 2.96. The number of hydrogen-bond donors (Lipinski definition) is 0. The van der Waals surface area contributed by atoms with Crippen molar-refractivity contribution in [2.45, 2.75) is 0 Å². The molecule has 0 aliphatic heterocycles.